The Bertz CT molecular complexity index is 936. The number of hydrogen-bond acceptors (Lipinski definition) is 2. The zero-order valence-corrected chi connectivity index (χ0v) is 19.6. The van der Waals surface area contributed by atoms with Crippen LogP contribution in [0.3, 0.4) is 0 Å². The molecule has 0 amide bonds. The summed E-state index contributed by atoms with van der Waals surface area (Å²) in [6.45, 7) is 1.84. The molecule has 0 bridgehead atoms. The maximum atomic E-state index is 13.2. The third-order valence-electron chi connectivity index (χ3n) is 7.50. The van der Waals surface area contributed by atoms with Gasteiger partial charge in [-0.1, -0.05) is 43.2 Å². The molecule has 192 valence electrons. The van der Waals surface area contributed by atoms with Crippen LogP contribution in [0.4, 0.5) is 26.3 Å². The van der Waals surface area contributed by atoms with Gasteiger partial charge >= 0.3 is 12.4 Å². The first-order chi connectivity index (χ1) is 16.6. The van der Waals surface area contributed by atoms with Crippen molar-refractivity contribution in [2.45, 2.75) is 75.4 Å². The molecule has 2 nitrogen and oxygen atoms in total. The summed E-state index contributed by atoms with van der Waals surface area (Å²) in [6.07, 6.45) is -2.14. The van der Waals surface area contributed by atoms with Crippen LogP contribution in [-0.4, -0.2) is 30.6 Å². The first-order valence-corrected chi connectivity index (χ1v) is 12.2. The third-order valence-corrected chi connectivity index (χ3v) is 7.50. The van der Waals surface area contributed by atoms with Crippen LogP contribution < -0.4 is 0 Å². The Labute approximate surface area is 202 Å². The summed E-state index contributed by atoms with van der Waals surface area (Å²) in [6, 6.07) is 12.2. The van der Waals surface area contributed by atoms with E-state index in [2.05, 4.69) is 4.90 Å². The van der Waals surface area contributed by atoms with Gasteiger partial charge in [0.2, 0.25) is 0 Å². The van der Waals surface area contributed by atoms with Gasteiger partial charge < -0.3 is 9.64 Å². The fourth-order valence-electron chi connectivity index (χ4n) is 5.62. The van der Waals surface area contributed by atoms with Crippen LogP contribution in [-0.2, 0) is 29.1 Å². The molecule has 2 aliphatic rings. The molecule has 0 spiro atoms. The van der Waals surface area contributed by atoms with E-state index in [-0.39, 0.29) is 30.3 Å². The van der Waals surface area contributed by atoms with Gasteiger partial charge in [-0.2, -0.15) is 26.3 Å². The second-order valence-electron chi connectivity index (χ2n) is 9.88. The lowest BCUT2D eigenvalue weighted by atomic mass is 9.75. The SMILES string of the molecule is FC(F)(F)c1cc(COC[C@@]2(c3ccccc3)CCCN(C3CCCC3)CC2)cc(C(F)(F)F)c1. The Morgan fingerprint density at radius 3 is 2.03 bits per heavy atom. The van der Waals surface area contributed by atoms with Crippen molar-refractivity contribution in [1.29, 1.82) is 0 Å². The molecule has 35 heavy (non-hydrogen) atoms. The van der Waals surface area contributed by atoms with Crippen LogP contribution in [0.25, 0.3) is 0 Å². The van der Waals surface area contributed by atoms with E-state index in [0.29, 0.717) is 6.04 Å². The number of alkyl halides is 6. The molecule has 8 heteroatoms. The van der Waals surface area contributed by atoms with Crippen molar-refractivity contribution in [3.63, 3.8) is 0 Å². The highest BCUT2D eigenvalue weighted by Gasteiger charge is 2.38. The molecule has 1 aliphatic carbocycles. The third kappa shape index (κ3) is 6.39. The molecule has 1 aliphatic heterocycles. The van der Waals surface area contributed by atoms with Gasteiger partial charge in [0.1, 0.15) is 0 Å². The fraction of sp³-hybridized carbons (Fsp3) is 0.556. The summed E-state index contributed by atoms with van der Waals surface area (Å²) in [4.78, 5) is 2.56. The normalized spacial score (nSPS) is 22.9. The highest BCUT2D eigenvalue weighted by atomic mass is 19.4. The van der Waals surface area contributed by atoms with E-state index < -0.39 is 23.5 Å². The van der Waals surface area contributed by atoms with Crippen LogP contribution in [0, 0.1) is 0 Å². The van der Waals surface area contributed by atoms with E-state index in [9.17, 15) is 26.3 Å². The summed E-state index contributed by atoms with van der Waals surface area (Å²) in [7, 11) is 0. The van der Waals surface area contributed by atoms with Crippen molar-refractivity contribution in [3.8, 4) is 0 Å². The minimum absolute atomic E-state index is 0.128. The topological polar surface area (TPSA) is 12.5 Å². The molecule has 1 saturated heterocycles. The van der Waals surface area contributed by atoms with E-state index in [1.54, 1.807) is 0 Å². The number of nitrogens with zero attached hydrogens (tertiary/aromatic N) is 1. The summed E-state index contributed by atoms with van der Waals surface area (Å²) >= 11 is 0. The first kappa shape index (κ1) is 26.0. The van der Waals surface area contributed by atoms with Gasteiger partial charge in [-0.25, -0.2) is 0 Å². The van der Waals surface area contributed by atoms with Crippen LogP contribution in [0.15, 0.2) is 48.5 Å². The van der Waals surface area contributed by atoms with Crippen LogP contribution in [0.2, 0.25) is 0 Å². The molecule has 0 aromatic heterocycles. The van der Waals surface area contributed by atoms with Crippen LogP contribution in [0.5, 0.6) is 0 Å². The zero-order chi connectivity index (χ0) is 25.1. The summed E-state index contributed by atoms with van der Waals surface area (Å²) < 4.78 is 85.3. The molecule has 1 heterocycles. The Kier molecular flexibility index (Phi) is 7.81. The Morgan fingerprint density at radius 2 is 1.43 bits per heavy atom. The van der Waals surface area contributed by atoms with Gasteiger partial charge in [0, 0.05) is 11.5 Å². The summed E-state index contributed by atoms with van der Waals surface area (Å²) in [5.74, 6) is 0. The largest absolute Gasteiger partial charge is 0.416 e. The lowest BCUT2D eigenvalue weighted by Gasteiger charge is -2.34. The summed E-state index contributed by atoms with van der Waals surface area (Å²) in [5, 5.41) is 0. The van der Waals surface area contributed by atoms with Gasteiger partial charge in [0.05, 0.1) is 24.3 Å². The van der Waals surface area contributed by atoms with Gasteiger partial charge in [0.15, 0.2) is 0 Å². The number of rotatable bonds is 6. The maximum Gasteiger partial charge on any atom is 0.416 e. The molecule has 1 saturated carbocycles. The molecule has 4 rings (SSSR count). The fourth-order valence-corrected chi connectivity index (χ4v) is 5.62. The smallest absolute Gasteiger partial charge is 0.376 e. The average molecular weight is 500 g/mol. The second-order valence-corrected chi connectivity index (χ2v) is 9.88. The molecule has 2 aromatic carbocycles. The van der Waals surface area contributed by atoms with Gasteiger partial charge in [-0.05, 0) is 74.5 Å². The number of ether oxygens (including phenoxy) is 1. The molecule has 0 radical (unpaired) electrons. The van der Waals surface area contributed by atoms with Gasteiger partial charge in [-0.3, -0.25) is 0 Å². The second kappa shape index (κ2) is 10.5. The zero-order valence-electron chi connectivity index (χ0n) is 19.6. The predicted octanol–water partition coefficient (Wildman–Crippen LogP) is 7.61. The molecule has 2 aromatic rings. The number of benzene rings is 2. The van der Waals surface area contributed by atoms with Crippen molar-refractivity contribution in [2.75, 3.05) is 19.7 Å². The molecule has 2 fully saturated rings. The highest BCUT2D eigenvalue weighted by molar-refractivity contribution is 5.33. The predicted molar refractivity (Wildman–Crippen MR) is 122 cm³/mol. The number of hydrogen-bond donors (Lipinski definition) is 0. The van der Waals surface area contributed by atoms with Crippen molar-refractivity contribution < 1.29 is 31.1 Å². The molecule has 1 atom stereocenters. The van der Waals surface area contributed by atoms with Crippen molar-refractivity contribution in [1.82, 2.24) is 4.90 Å². The van der Waals surface area contributed by atoms with Crippen LogP contribution in [0.1, 0.15) is 67.2 Å². The van der Waals surface area contributed by atoms with Crippen molar-refractivity contribution >= 4 is 0 Å². The average Bonchev–Trinajstić information content (AvgIpc) is 3.26. The van der Waals surface area contributed by atoms with E-state index in [1.165, 1.54) is 25.7 Å². The van der Waals surface area contributed by atoms with Crippen LogP contribution >= 0.6 is 0 Å². The molecule has 0 N–H and O–H groups in total. The van der Waals surface area contributed by atoms with E-state index in [0.717, 1.165) is 50.0 Å². The standard InChI is InChI=1S/C27H31F6NO/c28-26(29,30)22-15-20(16-23(17-22)27(31,32)33)18-35-19-25(21-7-2-1-3-8-21)11-6-13-34(14-12-25)24-9-4-5-10-24/h1-3,7-8,15-17,24H,4-6,9-14,18-19H2/t25-/m1/s1. The maximum absolute atomic E-state index is 13.2. The van der Waals surface area contributed by atoms with E-state index >= 15 is 0 Å². The lowest BCUT2D eigenvalue weighted by molar-refractivity contribution is -0.143. The minimum atomic E-state index is -4.87. The highest BCUT2D eigenvalue weighted by Crippen LogP contribution is 2.39. The first-order valence-electron chi connectivity index (χ1n) is 12.2. The van der Waals surface area contributed by atoms with Gasteiger partial charge in [-0.15, -0.1) is 0 Å². The number of halogens is 6. The molecular weight excluding hydrogens is 468 g/mol. The Hall–Kier alpha value is -2.06. The van der Waals surface area contributed by atoms with Gasteiger partial charge in [0.25, 0.3) is 0 Å². The Morgan fingerprint density at radius 1 is 0.800 bits per heavy atom. The number of likely N-dealkylation sites (tertiary alicyclic amines) is 1. The summed E-state index contributed by atoms with van der Waals surface area (Å²) in [5.41, 5.74) is -1.98. The molecule has 0 unspecified atom stereocenters. The lowest BCUT2D eigenvalue weighted by Crippen LogP contribution is -2.37. The monoisotopic (exact) mass is 499 g/mol. The van der Waals surface area contributed by atoms with Crippen molar-refractivity contribution in [2.24, 2.45) is 0 Å². The quantitative estimate of drug-likeness (QED) is 0.380. The molecular formula is C27H31F6NO. The van der Waals surface area contributed by atoms with E-state index in [4.69, 9.17) is 4.74 Å². The van der Waals surface area contributed by atoms with Crippen molar-refractivity contribution in [3.05, 3.63) is 70.8 Å². The van der Waals surface area contributed by atoms with E-state index in [1.807, 2.05) is 30.3 Å². The minimum Gasteiger partial charge on any atom is -0.376 e. The Balaban J connectivity index is 1.52.